The van der Waals surface area contributed by atoms with Crippen LogP contribution >= 0.6 is 0 Å². The van der Waals surface area contributed by atoms with E-state index >= 15 is 0 Å². The summed E-state index contributed by atoms with van der Waals surface area (Å²) in [5, 5.41) is 9.62. The van der Waals surface area contributed by atoms with Crippen molar-refractivity contribution in [3.63, 3.8) is 0 Å². The third-order valence-electron chi connectivity index (χ3n) is 12.0. The first-order valence-corrected chi connectivity index (χ1v) is 18.9. The molecule has 0 saturated carbocycles. The van der Waals surface area contributed by atoms with Crippen LogP contribution in [0.1, 0.15) is 0 Å². The van der Waals surface area contributed by atoms with Gasteiger partial charge in [0.1, 0.15) is 11.2 Å². The Labute approximate surface area is 315 Å². The maximum atomic E-state index is 6.77. The van der Waals surface area contributed by atoms with Crippen LogP contribution in [0.5, 0.6) is 0 Å². The van der Waals surface area contributed by atoms with Gasteiger partial charge in [-0.2, -0.15) is 0 Å². The van der Waals surface area contributed by atoms with Crippen LogP contribution in [0.15, 0.2) is 186 Å². The zero-order valence-electron chi connectivity index (χ0n) is 29.6. The zero-order chi connectivity index (χ0) is 35.8. The van der Waals surface area contributed by atoms with Crippen molar-refractivity contribution in [3.8, 4) is 44.8 Å². The minimum atomic E-state index is 0.906. The van der Waals surface area contributed by atoms with Crippen molar-refractivity contribution in [1.29, 1.82) is 0 Å². The number of para-hydroxylation sites is 2. The molecule has 3 heteroatoms. The minimum absolute atomic E-state index is 0.906. The zero-order valence-corrected chi connectivity index (χ0v) is 29.6. The third kappa shape index (κ3) is 3.79. The van der Waals surface area contributed by atoms with Gasteiger partial charge in [0.2, 0.25) is 0 Å². The summed E-state index contributed by atoms with van der Waals surface area (Å²) in [7, 11) is 0. The number of hydrogen-bond donors (Lipinski definition) is 0. The predicted molar refractivity (Wildman–Crippen MR) is 230 cm³/mol. The fourth-order valence-electron chi connectivity index (χ4n) is 9.79. The van der Waals surface area contributed by atoms with Crippen molar-refractivity contribution in [2.75, 3.05) is 0 Å². The minimum Gasteiger partial charge on any atom is -0.455 e. The molecule has 0 bridgehead atoms. The summed E-state index contributed by atoms with van der Waals surface area (Å²) in [6, 6.07) is 66.4. The highest BCUT2D eigenvalue weighted by molar-refractivity contribution is 6.31. The van der Waals surface area contributed by atoms with Crippen LogP contribution in [-0.4, -0.2) is 9.13 Å². The SMILES string of the molecule is c1ccc(-c2cccc(-n3c4ccc5c6ccccc6oc5c4c4ccc5c(c6ccccc6n5-c5ccc6c7c(cccc57)-c5ccccc5-6)c43)c2)cc1. The average Bonchev–Trinajstić information content (AvgIpc) is 3.99. The Morgan fingerprint density at radius 2 is 1.00 bits per heavy atom. The molecule has 12 aromatic rings. The van der Waals surface area contributed by atoms with Crippen LogP contribution in [0, 0.1) is 0 Å². The summed E-state index contributed by atoms with van der Waals surface area (Å²) in [4.78, 5) is 0. The number of hydrogen-bond acceptors (Lipinski definition) is 1. The number of benzene rings is 9. The maximum absolute atomic E-state index is 6.77. The highest BCUT2D eigenvalue weighted by Gasteiger charge is 2.26. The quantitative estimate of drug-likeness (QED) is 0.180. The highest BCUT2D eigenvalue weighted by Crippen LogP contribution is 2.50. The highest BCUT2D eigenvalue weighted by atomic mass is 16.3. The molecule has 55 heavy (non-hydrogen) atoms. The van der Waals surface area contributed by atoms with Gasteiger partial charge in [0.05, 0.1) is 33.1 Å². The molecule has 0 unspecified atom stereocenters. The average molecular weight is 699 g/mol. The van der Waals surface area contributed by atoms with Gasteiger partial charge in [-0.25, -0.2) is 0 Å². The summed E-state index contributed by atoms with van der Waals surface area (Å²) >= 11 is 0. The topological polar surface area (TPSA) is 23.0 Å². The first-order chi connectivity index (χ1) is 27.3. The molecule has 0 fully saturated rings. The fraction of sp³-hybridized carbons (Fsp3) is 0. The number of furan rings is 1. The molecule has 0 radical (unpaired) electrons. The van der Waals surface area contributed by atoms with Gasteiger partial charge in [-0.05, 0) is 93.4 Å². The Morgan fingerprint density at radius 3 is 1.87 bits per heavy atom. The lowest BCUT2D eigenvalue weighted by Gasteiger charge is -2.14. The number of fused-ring (bicyclic) bond motifs is 14. The Bertz CT molecular complexity index is 3570. The second-order valence-electron chi connectivity index (χ2n) is 14.8. The van der Waals surface area contributed by atoms with Gasteiger partial charge in [0, 0.05) is 38.0 Å². The summed E-state index contributed by atoms with van der Waals surface area (Å²) in [6.07, 6.45) is 0. The molecule has 3 heterocycles. The van der Waals surface area contributed by atoms with Gasteiger partial charge in [-0.1, -0.05) is 127 Å². The number of aromatic nitrogens is 2. The van der Waals surface area contributed by atoms with Gasteiger partial charge in [-0.15, -0.1) is 0 Å². The van der Waals surface area contributed by atoms with Gasteiger partial charge in [0.15, 0.2) is 0 Å². The Kier molecular flexibility index (Phi) is 5.63. The van der Waals surface area contributed by atoms with E-state index in [1.165, 1.54) is 82.5 Å². The Balaban J connectivity index is 1.20. The Morgan fingerprint density at radius 1 is 0.345 bits per heavy atom. The van der Waals surface area contributed by atoms with Crippen LogP contribution in [0.3, 0.4) is 0 Å². The van der Waals surface area contributed by atoms with Crippen LogP contribution in [0.4, 0.5) is 0 Å². The molecule has 0 atom stereocenters. The van der Waals surface area contributed by atoms with E-state index < -0.39 is 0 Å². The molecule has 3 nitrogen and oxygen atoms in total. The molecule has 3 aromatic heterocycles. The normalized spacial score (nSPS) is 12.4. The maximum Gasteiger partial charge on any atom is 0.145 e. The standard InChI is InChI=1S/C52H30N2O/c1-2-12-31(13-3-1)32-14-10-15-33(30-32)53-46-28-25-39-36-18-7-9-23-47(36)55-52(39)50(46)42-26-29-45-49(51(42)53)41-19-6-8-22-43(41)54(45)44-27-24-38-35-17-5-4-16-34(35)37-20-11-21-40(44)48(37)38/h1-30H. The molecule has 0 aliphatic heterocycles. The molecule has 0 N–H and O–H groups in total. The van der Waals surface area contributed by atoms with Crippen LogP contribution in [0.2, 0.25) is 0 Å². The molecule has 0 spiro atoms. The molecule has 1 aliphatic carbocycles. The fourth-order valence-corrected chi connectivity index (χ4v) is 9.79. The van der Waals surface area contributed by atoms with E-state index in [4.69, 9.17) is 4.42 Å². The summed E-state index contributed by atoms with van der Waals surface area (Å²) in [5.41, 5.74) is 16.4. The second kappa shape index (κ2) is 10.6. The van der Waals surface area contributed by atoms with E-state index in [1.807, 2.05) is 0 Å². The monoisotopic (exact) mass is 698 g/mol. The smallest absolute Gasteiger partial charge is 0.145 e. The summed E-state index contributed by atoms with van der Waals surface area (Å²) in [6.45, 7) is 0. The van der Waals surface area contributed by atoms with E-state index in [0.29, 0.717) is 0 Å². The predicted octanol–water partition coefficient (Wildman–Crippen LogP) is 14.2. The van der Waals surface area contributed by atoms with Gasteiger partial charge in [0.25, 0.3) is 0 Å². The number of rotatable bonds is 3. The van der Waals surface area contributed by atoms with Crippen molar-refractivity contribution >= 4 is 76.3 Å². The van der Waals surface area contributed by atoms with E-state index in [2.05, 4.69) is 191 Å². The Hall–Kier alpha value is -7.36. The second-order valence-corrected chi connectivity index (χ2v) is 14.8. The molecule has 9 aromatic carbocycles. The van der Waals surface area contributed by atoms with Crippen LogP contribution in [0.25, 0.3) is 121 Å². The third-order valence-corrected chi connectivity index (χ3v) is 12.0. The van der Waals surface area contributed by atoms with Crippen molar-refractivity contribution in [2.45, 2.75) is 0 Å². The van der Waals surface area contributed by atoms with Crippen molar-refractivity contribution in [3.05, 3.63) is 182 Å². The summed E-state index contributed by atoms with van der Waals surface area (Å²) < 4.78 is 11.7. The lowest BCUT2D eigenvalue weighted by Crippen LogP contribution is -1.97. The summed E-state index contributed by atoms with van der Waals surface area (Å²) in [5.74, 6) is 0. The largest absolute Gasteiger partial charge is 0.455 e. The van der Waals surface area contributed by atoms with Crippen molar-refractivity contribution in [1.82, 2.24) is 9.13 Å². The van der Waals surface area contributed by atoms with Crippen LogP contribution in [-0.2, 0) is 0 Å². The lowest BCUT2D eigenvalue weighted by atomic mass is 10.0. The molecule has 0 amide bonds. The number of nitrogens with zero attached hydrogens (tertiary/aromatic N) is 2. The van der Waals surface area contributed by atoms with Crippen molar-refractivity contribution < 1.29 is 4.42 Å². The molecule has 254 valence electrons. The lowest BCUT2D eigenvalue weighted by molar-refractivity contribution is 0.673. The van der Waals surface area contributed by atoms with E-state index in [9.17, 15) is 0 Å². The first kappa shape index (κ1) is 29.1. The van der Waals surface area contributed by atoms with E-state index in [-0.39, 0.29) is 0 Å². The van der Waals surface area contributed by atoms with E-state index in [1.54, 1.807) is 0 Å². The van der Waals surface area contributed by atoms with E-state index in [0.717, 1.165) is 38.5 Å². The molecule has 1 aliphatic rings. The van der Waals surface area contributed by atoms with Crippen molar-refractivity contribution in [2.24, 2.45) is 0 Å². The molecule has 13 rings (SSSR count). The van der Waals surface area contributed by atoms with Crippen LogP contribution < -0.4 is 0 Å². The first-order valence-electron chi connectivity index (χ1n) is 18.9. The van der Waals surface area contributed by atoms with Gasteiger partial charge >= 0.3 is 0 Å². The molecular formula is C52H30N2O. The molecular weight excluding hydrogens is 669 g/mol. The molecule has 0 saturated heterocycles. The van der Waals surface area contributed by atoms with Gasteiger partial charge < -0.3 is 13.6 Å². The van der Waals surface area contributed by atoms with Gasteiger partial charge in [-0.3, -0.25) is 0 Å².